The number of rotatable bonds is 7. The molecule has 0 atom stereocenters. The molecule has 4 rings (SSSR count). The standard InChI is InChI=1S/C24H18F3N3O7S/c1-12-3-5-14(36-11-21(34)37-10-20(32)33)8-15(12)22-16-7-13(4-6-17(16)38-28-22)30-19(31)9-18(24(25,26)27)29(2)23(30)35/h3-9H,10-11H2,1-2H3,(H,32,33). The van der Waals surface area contributed by atoms with Crippen molar-refractivity contribution >= 4 is 33.6 Å². The van der Waals surface area contributed by atoms with Gasteiger partial charge in [0.25, 0.3) is 5.56 Å². The first kappa shape index (κ1) is 26.6. The van der Waals surface area contributed by atoms with E-state index < -0.39 is 48.3 Å². The number of fused-ring (bicyclic) bond motifs is 1. The second-order valence-corrected chi connectivity index (χ2v) is 8.88. The Balaban J connectivity index is 1.73. The summed E-state index contributed by atoms with van der Waals surface area (Å²) in [5.41, 5.74) is -1.77. The molecule has 2 heterocycles. The van der Waals surface area contributed by atoms with Gasteiger partial charge in [-0.05, 0) is 54.4 Å². The van der Waals surface area contributed by atoms with Gasteiger partial charge in [0.15, 0.2) is 13.2 Å². The van der Waals surface area contributed by atoms with Gasteiger partial charge in [-0.3, -0.25) is 9.36 Å². The lowest BCUT2D eigenvalue weighted by molar-refractivity contribution is -0.156. The second kappa shape index (κ2) is 10.1. The summed E-state index contributed by atoms with van der Waals surface area (Å²) in [6, 6.07) is 9.79. The molecule has 0 bridgehead atoms. The minimum Gasteiger partial charge on any atom is -0.482 e. The fraction of sp³-hybridized carbons (Fsp3) is 0.208. The van der Waals surface area contributed by atoms with Crippen molar-refractivity contribution in [1.82, 2.24) is 13.5 Å². The van der Waals surface area contributed by atoms with E-state index >= 15 is 0 Å². The molecule has 2 aromatic carbocycles. The third kappa shape index (κ3) is 5.29. The van der Waals surface area contributed by atoms with E-state index in [1.165, 1.54) is 12.1 Å². The summed E-state index contributed by atoms with van der Waals surface area (Å²) in [7, 11) is 0.934. The molecule has 10 nitrogen and oxygen atoms in total. The minimum absolute atomic E-state index is 0.0597. The normalized spacial score (nSPS) is 11.5. The van der Waals surface area contributed by atoms with E-state index in [1.807, 2.05) is 0 Å². The summed E-state index contributed by atoms with van der Waals surface area (Å²) in [5.74, 6) is -1.91. The van der Waals surface area contributed by atoms with Crippen molar-refractivity contribution in [2.24, 2.45) is 7.05 Å². The molecule has 0 spiro atoms. The van der Waals surface area contributed by atoms with Crippen molar-refractivity contribution in [3.05, 3.63) is 74.6 Å². The monoisotopic (exact) mass is 549 g/mol. The lowest BCUT2D eigenvalue weighted by atomic mass is 10.0. The van der Waals surface area contributed by atoms with E-state index in [-0.39, 0.29) is 11.4 Å². The van der Waals surface area contributed by atoms with Crippen molar-refractivity contribution in [3.8, 4) is 22.7 Å². The Bertz CT molecular complexity index is 1690. The van der Waals surface area contributed by atoms with Crippen LogP contribution in [-0.2, 0) is 27.5 Å². The number of carbonyl (C=O) groups excluding carboxylic acids is 1. The largest absolute Gasteiger partial charge is 0.482 e. The zero-order valence-corrected chi connectivity index (χ0v) is 20.6. The van der Waals surface area contributed by atoms with Crippen molar-refractivity contribution in [1.29, 1.82) is 0 Å². The number of alkyl halides is 3. The number of esters is 1. The lowest BCUT2D eigenvalue weighted by Crippen LogP contribution is -2.40. The highest BCUT2D eigenvalue weighted by molar-refractivity contribution is 7.13. The molecule has 0 aliphatic carbocycles. The van der Waals surface area contributed by atoms with Crippen molar-refractivity contribution < 1.29 is 37.3 Å². The average molecular weight is 549 g/mol. The van der Waals surface area contributed by atoms with Crippen LogP contribution in [0.4, 0.5) is 13.2 Å². The third-order valence-corrected chi connectivity index (χ3v) is 6.33. The summed E-state index contributed by atoms with van der Waals surface area (Å²) in [6.45, 7) is 0.475. The van der Waals surface area contributed by atoms with Gasteiger partial charge < -0.3 is 14.6 Å². The predicted molar refractivity (Wildman–Crippen MR) is 130 cm³/mol. The molecule has 0 saturated heterocycles. The maximum Gasteiger partial charge on any atom is 0.431 e. The maximum absolute atomic E-state index is 13.2. The summed E-state index contributed by atoms with van der Waals surface area (Å²) in [4.78, 5) is 47.5. The quantitative estimate of drug-likeness (QED) is 0.348. The van der Waals surface area contributed by atoms with Gasteiger partial charge in [0.2, 0.25) is 0 Å². The number of carbonyl (C=O) groups is 2. The molecular formula is C24H18F3N3O7S. The number of ether oxygens (including phenoxy) is 2. The molecule has 38 heavy (non-hydrogen) atoms. The minimum atomic E-state index is -4.88. The van der Waals surface area contributed by atoms with E-state index in [0.717, 1.165) is 24.1 Å². The van der Waals surface area contributed by atoms with Gasteiger partial charge in [-0.15, -0.1) is 0 Å². The molecule has 0 fully saturated rings. The zero-order valence-electron chi connectivity index (χ0n) is 19.7. The number of hydrogen-bond donors (Lipinski definition) is 1. The average Bonchev–Trinajstić information content (AvgIpc) is 3.27. The Labute approximate surface area is 215 Å². The first-order chi connectivity index (χ1) is 17.9. The van der Waals surface area contributed by atoms with Gasteiger partial charge in [-0.1, -0.05) is 6.07 Å². The predicted octanol–water partition coefficient (Wildman–Crippen LogP) is 3.15. The highest BCUT2D eigenvalue weighted by Crippen LogP contribution is 2.35. The fourth-order valence-electron chi connectivity index (χ4n) is 3.67. The highest BCUT2D eigenvalue weighted by atomic mass is 32.1. The van der Waals surface area contributed by atoms with Gasteiger partial charge in [0.1, 0.15) is 11.4 Å². The molecule has 198 valence electrons. The number of carboxylic acid groups (broad SMARTS) is 1. The first-order valence-electron chi connectivity index (χ1n) is 10.8. The Morgan fingerprint density at radius 2 is 1.82 bits per heavy atom. The van der Waals surface area contributed by atoms with E-state index in [4.69, 9.17) is 9.84 Å². The molecule has 0 aliphatic heterocycles. The van der Waals surface area contributed by atoms with Gasteiger partial charge in [0, 0.05) is 24.1 Å². The summed E-state index contributed by atoms with van der Waals surface area (Å²) < 4.78 is 55.7. The van der Waals surface area contributed by atoms with E-state index in [2.05, 4.69) is 9.11 Å². The number of benzene rings is 2. The molecule has 4 aromatic rings. The first-order valence-corrected chi connectivity index (χ1v) is 11.6. The number of halogens is 3. The van der Waals surface area contributed by atoms with E-state index in [1.54, 1.807) is 31.2 Å². The van der Waals surface area contributed by atoms with Crippen molar-refractivity contribution in [3.63, 3.8) is 0 Å². The van der Waals surface area contributed by atoms with Gasteiger partial charge in [0.05, 0.1) is 16.1 Å². The highest BCUT2D eigenvalue weighted by Gasteiger charge is 2.35. The second-order valence-electron chi connectivity index (χ2n) is 8.07. The number of carboxylic acids is 1. The van der Waals surface area contributed by atoms with Gasteiger partial charge in [-0.25, -0.2) is 19.0 Å². The van der Waals surface area contributed by atoms with Gasteiger partial charge >= 0.3 is 23.8 Å². The van der Waals surface area contributed by atoms with E-state index in [0.29, 0.717) is 36.5 Å². The molecule has 0 radical (unpaired) electrons. The molecular weight excluding hydrogens is 531 g/mol. The van der Waals surface area contributed by atoms with E-state index in [9.17, 15) is 32.3 Å². The van der Waals surface area contributed by atoms with Crippen molar-refractivity contribution in [2.45, 2.75) is 13.1 Å². The fourth-order valence-corrected chi connectivity index (χ4v) is 4.44. The van der Waals surface area contributed by atoms with Crippen LogP contribution in [0, 0.1) is 6.92 Å². The lowest BCUT2D eigenvalue weighted by Gasteiger charge is -2.14. The Hall–Kier alpha value is -4.46. The number of aryl methyl sites for hydroxylation is 1. The summed E-state index contributed by atoms with van der Waals surface area (Å²) in [5, 5.41) is 9.11. The van der Waals surface area contributed by atoms with Crippen LogP contribution in [0.1, 0.15) is 11.3 Å². The van der Waals surface area contributed by atoms with Crippen LogP contribution >= 0.6 is 11.5 Å². The third-order valence-electron chi connectivity index (χ3n) is 5.50. The summed E-state index contributed by atoms with van der Waals surface area (Å²) >= 11 is 1.13. The zero-order chi connectivity index (χ0) is 27.8. The SMILES string of the molecule is Cc1ccc(OCC(=O)OCC(=O)O)cc1-c1nsc2ccc(-n3c(=O)cc(C(F)(F)F)n(C)c3=O)cc12. The Morgan fingerprint density at radius 1 is 1.08 bits per heavy atom. The van der Waals surface area contributed by atoms with Gasteiger partial charge in [-0.2, -0.15) is 17.5 Å². The molecule has 1 N–H and O–H groups in total. The molecule has 0 aliphatic rings. The molecule has 0 saturated carbocycles. The number of nitrogens with zero attached hydrogens (tertiary/aromatic N) is 3. The van der Waals surface area contributed by atoms with Crippen LogP contribution in [0.15, 0.2) is 52.1 Å². The number of aromatic nitrogens is 3. The van der Waals surface area contributed by atoms with Crippen LogP contribution in [0.25, 0.3) is 27.0 Å². The van der Waals surface area contributed by atoms with Crippen LogP contribution in [0.3, 0.4) is 0 Å². The molecule has 0 amide bonds. The van der Waals surface area contributed by atoms with Crippen LogP contribution in [0.5, 0.6) is 5.75 Å². The molecule has 14 heteroatoms. The van der Waals surface area contributed by atoms with Crippen LogP contribution in [-0.4, -0.2) is 43.8 Å². The van der Waals surface area contributed by atoms with Crippen molar-refractivity contribution in [2.75, 3.05) is 13.2 Å². The Kier molecular flexibility index (Phi) is 7.09. The maximum atomic E-state index is 13.2. The summed E-state index contributed by atoms with van der Waals surface area (Å²) in [6.07, 6.45) is -4.88. The topological polar surface area (TPSA) is 130 Å². The number of hydrogen-bond acceptors (Lipinski definition) is 8. The smallest absolute Gasteiger partial charge is 0.431 e. The number of aliphatic carboxylic acids is 1. The molecule has 2 aromatic heterocycles. The van der Waals surface area contributed by atoms with Crippen LogP contribution in [0.2, 0.25) is 0 Å². The molecule has 0 unspecified atom stereocenters. The van der Waals surface area contributed by atoms with Crippen LogP contribution < -0.4 is 16.0 Å². The Morgan fingerprint density at radius 3 is 2.50 bits per heavy atom.